The van der Waals surface area contributed by atoms with Crippen molar-refractivity contribution in [3.63, 3.8) is 0 Å². The average Bonchev–Trinajstić information content (AvgIpc) is 2.49. The summed E-state index contributed by atoms with van der Waals surface area (Å²) < 4.78 is 0. The Labute approximate surface area is 140 Å². The number of nitrogens with one attached hydrogen (secondary N) is 2. The van der Waals surface area contributed by atoms with Gasteiger partial charge >= 0.3 is 11.8 Å². The second kappa shape index (κ2) is 10.6. The molecule has 0 atom stereocenters. The van der Waals surface area contributed by atoms with Crippen molar-refractivity contribution in [2.45, 2.75) is 96.1 Å². The Kier molecular flexibility index (Phi) is 9.22. The van der Waals surface area contributed by atoms with Crippen LogP contribution >= 0.6 is 0 Å². The first-order valence-electron chi connectivity index (χ1n) is 9.18. The lowest BCUT2D eigenvalue weighted by molar-refractivity contribution is -0.141. The number of aliphatic hydroxyl groups is 1. The molecule has 0 aromatic carbocycles. The fraction of sp³-hybridized carbons (Fsp3) is 0.889. The number of hydrogen-bond acceptors (Lipinski definition) is 3. The Morgan fingerprint density at radius 2 is 1.30 bits per heavy atom. The smallest absolute Gasteiger partial charge is 0.309 e. The number of hydrogen-bond donors (Lipinski definition) is 3. The van der Waals surface area contributed by atoms with Crippen LogP contribution in [-0.4, -0.2) is 35.1 Å². The maximum absolute atomic E-state index is 12.1. The minimum absolute atomic E-state index is 0.0879. The highest BCUT2D eigenvalue weighted by atomic mass is 16.3. The van der Waals surface area contributed by atoms with Gasteiger partial charge in [0.25, 0.3) is 0 Å². The van der Waals surface area contributed by atoms with Crippen molar-refractivity contribution in [2.24, 2.45) is 0 Å². The highest BCUT2D eigenvalue weighted by molar-refractivity contribution is 6.35. The van der Waals surface area contributed by atoms with Gasteiger partial charge in [0, 0.05) is 6.04 Å². The third kappa shape index (κ3) is 8.94. The molecule has 0 unspecified atom stereocenters. The minimum atomic E-state index is -0.777. The summed E-state index contributed by atoms with van der Waals surface area (Å²) >= 11 is 0. The molecule has 0 bridgehead atoms. The van der Waals surface area contributed by atoms with E-state index < -0.39 is 17.4 Å². The monoisotopic (exact) mass is 326 g/mol. The third-order valence-corrected chi connectivity index (χ3v) is 4.49. The van der Waals surface area contributed by atoms with Crippen LogP contribution in [0.4, 0.5) is 0 Å². The number of aliphatic hydroxyl groups excluding tert-OH is 1. The second-order valence-electron chi connectivity index (χ2n) is 7.43. The molecule has 3 N–H and O–H groups in total. The van der Waals surface area contributed by atoms with E-state index in [-0.39, 0.29) is 12.6 Å². The Bertz CT molecular complexity index is 357. The zero-order valence-electron chi connectivity index (χ0n) is 14.8. The fourth-order valence-corrected chi connectivity index (χ4v) is 2.96. The van der Waals surface area contributed by atoms with E-state index in [4.69, 9.17) is 0 Å². The average molecular weight is 326 g/mol. The lowest BCUT2D eigenvalue weighted by atomic mass is 9.98. The van der Waals surface area contributed by atoms with Gasteiger partial charge in [0.2, 0.25) is 0 Å². The molecular weight excluding hydrogens is 292 g/mol. The standard InChI is InChI=1S/C18H34N2O3/c1-18(2,14-21)20-17(23)16(22)19-15-12-10-8-6-4-3-5-7-9-11-13-15/h15,21H,3-14H2,1-2H3,(H,19,22)(H,20,23). The number of amides is 2. The maximum Gasteiger partial charge on any atom is 0.309 e. The van der Waals surface area contributed by atoms with E-state index in [1.165, 1.54) is 44.9 Å². The minimum Gasteiger partial charge on any atom is -0.394 e. The molecule has 0 aromatic heterocycles. The topological polar surface area (TPSA) is 78.4 Å². The van der Waals surface area contributed by atoms with Crippen LogP contribution in [0.5, 0.6) is 0 Å². The van der Waals surface area contributed by atoms with Gasteiger partial charge in [-0.1, -0.05) is 57.8 Å². The molecule has 2 amide bonds. The molecule has 134 valence electrons. The van der Waals surface area contributed by atoms with Crippen LogP contribution in [0, 0.1) is 0 Å². The third-order valence-electron chi connectivity index (χ3n) is 4.49. The van der Waals surface area contributed by atoms with E-state index in [1.807, 2.05) is 0 Å². The predicted molar refractivity (Wildman–Crippen MR) is 92.0 cm³/mol. The summed E-state index contributed by atoms with van der Waals surface area (Å²) in [5, 5.41) is 14.6. The van der Waals surface area contributed by atoms with Crippen molar-refractivity contribution in [3.8, 4) is 0 Å². The second-order valence-corrected chi connectivity index (χ2v) is 7.43. The van der Waals surface area contributed by atoms with Gasteiger partial charge in [0.15, 0.2) is 0 Å². The van der Waals surface area contributed by atoms with Crippen LogP contribution in [0.2, 0.25) is 0 Å². The molecular formula is C18H34N2O3. The normalized spacial score (nSPS) is 19.3. The quantitative estimate of drug-likeness (QED) is 0.698. The van der Waals surface area contributed by atoms with Crippen LogP contribution in [0.25, 0.3) is 0 Å². The van der Waals surface area contributed by atoms with Gasteiger partial charge in [-0.05, 0) is 26.7 Å². The molecule has 1 aliphatic carbocycles. The Morgan fingerprint density at radius 1 is 0.870 bits per heavy atom. The van der Waals surface area contributed by atoms with E-state index in [2.05, 4.69) is 10.6 Å². The summed E-state index contributed by atoms with van der Waals surface area (Å²) in [7, 11) is 0. The first-order chi connectivity index (χ1) is 10.9. The van der Waals surface area contributed by atoms with Gasteiger partial charge in [0.05, 0.1) is 12.1 Å². The van der Waals surface area contributed by atoms with Crippen LogP contribution in [0.15, 0.2) is 0 Å². The largest absolute Gasteiger partial charge is 0.394 e. The molecule has 5 nitrogen and oxygen atoms in total. The molecule has 0 spiro atoms. The Hall–Kier alpha value is -1.10. The van der Waals surface area contributed by atoms with Gasteiger partial charge in [0.1, 0.15) is 0 Å². The predicted octanol–water partition coefficient (Wildman–Crippen LogP) is 2.66. The first-order valence-corrected chi connectivity index (χ1v) is 9.18. The van der Waals surface area contributed by atoms with Crippen molar-refractivity contribution >= 4 is 11.8 Å². The summed E-state index contributed by atoms with van der Waals surface area (Å²) in [6.07, 6.45) is 13.0. The van der Waals surface area contributed by atoms with E-state index in [9.17, 15) is 14.7 Å². The van der Waals surface area contributed by atoms with E-state index in [1.54, 1.807) is 13.8 Å². The van der Waals surface area contributed by atoms with Crippen molar-refractivity contribution in [1.82, 2.24) is 10.6 Å². The van der Waals surface area contributed by atoms with Gasteiger partial charge in [-0.3, -0.25) is 9.59 Å². The number of rotatable bonds is 3. The zero-order chi connectivity index (χ0) is 17.1. The molecule has 1 rings (SSSR count). The molecule has 0 aliphatic heterocycles. The molecule has 1 aliphatic rings. The van der Waals surface area contributed by atoms with Crippen LogP contribution < -0.4 is 10.6 Å². The van der Waals surface area contributed by atoms with Crippen LogP contribution in [0.1, 0.15) is 84.5 Å². The van der Waals surface area contributed by atoms with Crippen LogP contribution in [0.3, 0.4) is 0 Å². The highest BCUT2D eigenvalue weighted by Crippen LogP contribution is 2.17. The maximum atomic E-state index is 12.1. The number of carbonyl (C=O) groups is 2. The van der Waals surface area contributed by atoms with E-state index >= 15 is 0 Å². The van der Waals surface area contributed by atoms with Gasteiger partial charge in [-0.2, -0.15) is 0 Å². The van der Waals surface area contributed by atoms with Gasteiger partial charge in [-0.15, -0.1) is 0 Å². The highest BCUT2D eigenvalue weighted by Gasteiger charge is 2.25. The fourth-order valence-electron chi connectivity index (χ4n) is 2.96. The van der Waals surface area contributed by atoms with Crippen LogP contribution in [-0.2, 0) is 9.59 Å². The van der Waals surface area contributed by atoms with Crippen molar-refractivity contribution < 1.29 is 14.7 Å². The summed E-state index contributed by atoms with van der Waals surface area (Å²) in [6, 6.07) is 0.0879. The molecule has 1 saturated carbocycles. The lowest BCUT2D eigenvalue weighted by Crippen LogP contribution is -2.53. The SMILES string of the molecule is CC(C)(CO)NC(=O)C(=O)NC1CCCCCCCCCCC1. The lowest BCUT2D eigenvalue weighted by Gasteiger charge is -2.24. The molecule has 1 fully saturated rings. The molecule has 0 saturated heterocycles. The van der Waals surface area contributed by atoms with Crippen molar-refractivity contribution in [1.29, 1.82) is 0 Å². The summed E-state index contributed by atoms with van der Waals surface area (Å²) in [6.45, 7) is 3.18. The van der Waals surface area contributed by atoms with Crippen molar-refractivity contribution in [2.75, 3.05) is 6.61 Å². The van der Waals surface area contributed by atoms with E-state index in [0.717, 1.165) is 25.7 Å². The Morgan fingerprint density at radius 3 is 1.74 bits per heavy atom. The molecule has 0 heterocycles. The summed E-state index contributed by atoms with van der Waals surface area (Å²) in [5.41, 5.74) is -0.777. The van der Waals surface area contributed by atoms with Gasteiger partial charge < -0.3 is 15.7 Å². The number of carbonyl (C=O) groups excluding carboxylic acids is 2. The molecule has 23 heavy (non-hydrogen) atoms. The van der Waals surface area contributed by atoms with Crippen molar-refractivity contribution in [3.05, 3.63) is 0 Å². The summed E-state index contributed by atoms with van der Waals surface area (Å²) in [4.78, 5) is 24.0. The molecule has 0 radical (unpaired) electrons. The zero-order valence-corrected chi connectivity index (χ0v) is 14.8. The first kappa shape index (κ1) is 19.9. The van der Waals surface area contributed by atoms with E-state index in [0.29, 0.717) is 0 Å². The summed E-state index contributed by atoms with van der Waals surface area (Å²) in [5.74, 6) is -1.24. The Balaban J connectivity index is 2.45. The van der Waals surface area contributed by atoms with Gasteiger partial charge in [-0.25, -0.2) is 0 Å². The molecule has 5 heteroatoms. The molecule has 0 aromatic rings.